The number of ether oxygens (including phenoxy) is 2. The number of carbonyl (C=O) groups excluding carboxylic acids is 1. The summed E-state index contributed by atoms with van der Waals surface area (Å²) in [6.07, 6.45) is 1.60. The lowest BCUT2D eigenvalue weighted by Crippen LogP contribution is -2.29. The molecule has 0 aliphatic heterocycles. The molecular weight excluding hydrogens is 403 g/mol. The van der Waals surface area contributed by atoms with Gasteiger partial charge in [0.25, 0.3) is 5.91 Å². The van der Waals surface area contributed by atoms with Crippen molar-refractivity contribution in [1.29, 1.82) is 0 Å². The van der Waals surface area contributed by atoms with Crippen molar-refractivity contribution >= 4 is 40.9 Å². The largest absolute Gasteiger partial charge is 0.493 e. The van der Waals surface area contributed by atoms with Crippen molar-refractivity contribution in [2.75, 3.05) is 21.3 Å². The van der Waals surface area contributed by atoms with Gasteiger partial charge in [-0.3, -0.25) is 4.79 Å². The lowest BCUT2D eigenvalue weighted by Gasteiger charge is -2.14. The van der Waals surface area contributed by atoms with E-state index in [0.717, 1.165) is 11.1 Å². The Hall–Kier alpha value is -2.70. The van der Waals surface area contributed by atoms with Crippen molar-refractivity contribution in [3.63, 3.8) is 0 Å². The molecule has 8 heteroatoms. The smallest absolute Gasteiger partial charge is 0.273 e. The molecule has 28 heavy (non-hydrogen) atoms. The SMILES string of the molecule is CNC(=O)/C(=N/OC)c1ccccc1COc1cc(C=C(Cl)Cl)ccc1OC. The normalized spacial score (nSPS) is 10.8. The van der Waals surface area contributed by atoms with Crippen LogP contribution in [0.15, 0.2) is 52.1 Å². The van der Waals surface area contributed by atoms with Crippen molar-refractivity contribution < 1.29 is 19.1 Å². The molecule has 2 aromatic carbocycles. The molecule has 1 amide bonds. The first kappa shape index (κ1) is 21.6. The van der Waals surface area contributed by atoms with Crippen LogP contribution in [0, 0.1) is 0 Å². The van der Waals surface area contributed by atoms with Gasteiger partial charge in [0.15, 0.2) is 17.2 Å². The fourth-order valence-corrected chi connectivity index (χ4v) is 2.73. The highest BCUT2D eigenvalue weighted by molar-refractivity contribution is 6.57. The Morgan fingerprint density at radius 1 is 1.14 bits per heavy atom. The molecule has 0 heterocycles. The molecule has 0 atom stereocenters. The summed E-state index contributed by atoms with van der Waals surface area (Å²) in [6.45, 7) is 0.175. The number of hydrogen-bond acceptors (Lipinski definition) is 5. The second kappa shape index (κ2) is 10.6. The Labute approximate surface area is 173 Å². The summed E-state index contributed by atoms with van der Waals surface area (Å²) in [5, 5.41) is 6.40. The minimum Gasteiger partial charge on any atom is -0.493 e. The summed E-state index contributed by atoms with van der Waals surface area (Å²) >= 11 is 11.5. The first-order chi connectivity index (χ1) is 13.5. The summed E-state index contributed by atoms with van der Waals surface area (Å²) < 4.78 is 11.4. The number of halogens is 2. The molecule has 0 aliphatic rings. The van der Waals surface area contributed by atoms with Crippen molar-refractivity contribution in [1.82, 2.24) is 5.32 Å². The predicted molar refractivity (Wildman–Crippen MR) is 111 cm³/mol. The minimum absolute atomic E-state index is 0.132. The molecule has 0 spiro atoms. The average Bonchev–Trinajstić information content (AvgIpc) is 2.70. The molecule has 2 aromatic rings. The van der Waals surface area contributed by atoms with Gasteiger partial charge in [0, 0.05) is 12.6 Å². The molecule has 148 valence electrons. The van der Waals surface area contributed by atoms with Gasteiger partial charge in [-0.25, -0.2) is 0 Å². The number of nitrogens with zero attached hydrogens (tertiary/aromatic N) is 1. The van der Waals surface area contributed by atoms with E-state index in [4.69, 9.17) is 37.5 Å². The topological polar surface area (TPSA) is 69.2 Å². The van der Waals surface area contributed by atoms with Crippen molar-refractivity contribution in [3.8, 4) is 11.5 Å². The third-order valence-corrected chi connectivity index (χ3v) is 3.96. The summed E-state index contributed by atoms with van der Waals surface area (Å²) in [6, 6.07) is 12.6. The molecule has 6 nitrogen and oxygen atoms in total. The maximum atomic E-state index is 12.2. The molecule has 0 radical (unpaired) electrons. The fraction of sp³-hybridized carbons (Fsp3) is 0.200. The summed E-state index contributed by atoms with van der Waals surface area (Å²) in [5.74, 6) is 0.694. The van der Waals surface area contributed by atoms with Gasteiger partial charge >= 0.3 is 0 Å². The van der Waals surface area contributed by atoms with E-state index < -0.39 is 0 Å². The Bertz CT molecular complexity index is 894. The van der Waals surface area contributed by atoms with E-state index in [9.17, 15) is 4.79 Å². The van der Waals surface area contributed by atoms with Crippen LogP contribution in [0.5, 0.6) is 11.5 Å². The van der Waals surface area contributed by atoms with Gasteiger partial charge in [0.05, 0.1) is 7.11 Å². The van der Waals surface area contributed by atoms with Crippen LogP contribution in [-0.4, -0.2) is 32.9 Å². The van der Waals surface area contributed by atoms with Crippen molar-refractivity contribution in [2.45, 2.75) is 6.61 Å². The van der Waals surface area contributed by atoms with E-state index >= 15 is 0 Å². The highest BCUT2D eigenvalue weighted by atomic mass is 35.5. The van der Waals surface area contributed by atoms with Gasteiger partial charge in [-0.05, 0) is 29.3 Å². The Morgan fingerprint density at radius 3 is 2.54 bits per heavy atom. The number of amides is 1. The van der Waals surface area contributed by atoms with E-state index in [0.29, 0.717) is 17.1 Å². The first-order valence-corrected chi connectivity index (χ1v) is 9.00. The first-order valence-electron chi connectivity index (χ1n) is 8.25. The van der Waals surface area contributed by atoms with Crippen LogP contribution in [-0.2, 0) is 16.2 Å². The molecule has 2 rings (SSSR count). The Morgan fingerprint density at radius 2 is 1.89 bits per heavy atom. The fourth-order valence-electron chi connectivity index (χ4n) is 2.48. The highest BCUT2D eigenvalue weighted by Crippen LogP contribution is 2.30. The van der Waals surface area contributed by atoms with E-state index in [1.807, 2.05) is 12.1 Å². The zero-order chi connectivity index (χ0) is 20.5. The van der Waals surface area contributed by atoms with E-state index in [-0.39, 0.29) is 22.7 Å². The van der Waals surface area contributed by atoms with E-state index in [1.54, 1.807) is 43.5 Å². The molecule has 0 fully saturated rings. The number of nitrogens with one attached hydrogen (secondary N) is 1. The zero-order valence-corrected chi connectivity index (χ0v) is 17.2. The van der Waals surface area contributed by atoms with E-state index in [2.05, 4.69) is 10.5 Å². The van der Waals surface area contributed by atoms with Crippen LogP contribution in [0.1, 0.15) is 16.7 Å². The maximum Gasteiger partial charge on any atom is 0.273 e. The molecule has 0 aliphatic carbocycles. The van der Waals surface area contributed by atoms with Crippen LogP contribution >= 0.6 is 23.2 Å². The second-order valence-electron chi connectivity index (χ2n) is 5.49. The third-order valence-electron chi connectivity index (χ3n) is 3.74. The second-order valence-corrected chi connectivity index (χ2v) is 6.50. The van der Waals surface area contributed by atoms with Crippen LogP contribution in [0.3, 0.4) is 0 Å². The number of carbonyl (C=O) groups is 1. The zero-order valence-electron chi connectivity index (χ0n) is 15.7. The van der Waals surface area contributed by atoms with Gasteiger partial charge in [-0.15, -0.1) is 0 Å². The molecule has 0 unspecified atom stereocenters. The molecule has 0 aromatic heterocycles. The summed E-state index contributed by atoms with van der Waals surface area (Å²) in [5.41, 5.74) is 2.26. The van der Waals surface area contributed by atoms with Gasteiger partial charge < -0.3 is 19.6 Å². The molecule has 0 bridgehead atoms. The number of rotatable bonds is 8. The van der Waals surface area contributed by atoms with Gasteiger partial charge in [0.1, 0.15) is 18.2 Å². The molecule has 1 N–H and O–H groups in total. The monoisotopic (exact) mass is 422 g/mol. The lowest BCUT2D eigenvalue weighted by atomic mass is 10.0. The van der Waals surface area contributed by atoms with Crippen LogP contribution in [0.2, 0.25) is 0 Å². The number of benzene rings is 2. The predicted octanol–water partition coefficient (Wildman–Crippen LogP) is 4.15. The highest BCUT2D eigenvalue weighted by Gasteiger charge is 2.18. The number of hydrogen-bond donors (Lipinski definition) is 1. The summed E-state index contributed by atoms with van der Waals surface area (Å²) in [4.78, 5) is 17.0. The maximum absolute atomic E-state index is 12.2. The average molecular weight is 423 g/mol. The molecular formula is C20H20Cl2N2O4. The summed E-state index contributed by atoms with van der Waals surface area (Å²) in [7, 11) is 4.46. The minimum atomic E-state index is -0.365. The van der Waals surface area contributed by atoms with Gasteiger partial charge in [-0.2, -0.15) is 0 Å². The van der Waals surface area contributed by atoms with Crippen molar-refractivity contribution in [3.05, 3.63) is 63.6 Å². The van der Waals surface area contributed by atoms with Gasteiger partial charge in [-0.1, -0.05) is 58.7 Å². The van der Waals surface area contributed by atoms with Gasteiger partial charge in [0.2, 0.25) is 0 Å². The van der Waals surface area contributed by atoms with E-state index in [1.165, 1.54) is 14.2 Å². The third kappa shape index (κ3) is 5.65. The number of oxime groups is 1. The van der Waals surface area contributed by atoms with Crippen LogP contribution < -0.4 is 14.8 Å². The Kier molecular flexibility index (Phi) is 8.17. The Balaban J connectivity index is 2.34. The quantitative estimate of drug-likeness (QED) is 0.512. The molecule has 0 saturated carbocycles. The number of methoxy groups -OCH3 is 1. The number of likely N-dealkylation sites (N-methyl/N-ethyl adjacent to an activating group) is 1. The standard InChI is InChI=1S/C20H20Cl2N2O4/c1-23-20(25)19(24-27-3)15-7-5-4-6-14(15)12-28-17-10-13(11-18(21)22)8-9-16(17)26-2/h4-11H,12H2,1-3H3,(H,23,25)/b24-19+. The van der Waals surface area contributed by atoms with Crippen molar-refractivity contribution in [2.24, 2.45) is 5.16 Å². The molecule has 0 saturated heterocycles. The lowest BCUT2D eigenvalue weighted by molar-refractivity contribution is -0.114. The van der Waals surface area contributed by atoms with Crippen LogP contribution in [0.25, 0.3) is 6.08 Å². The van der Waals surface area contributed by atoms with Crippen LogP contribution in [0.4, 0.5) is 0 Å².